The van der Waals surface area contributed by atoms with Crippen LogP contribution in [0.15, 0.2) is 29.4 Å². The molecular weight excluding hydrogens is 478 g/mol. The zero-order chi connectivity index (χ0) is 25.4. The SMILES string of the molecule is Cc1c(F)cc(S(=O)(=O)N(CC(=O)OC(C)(C)C)Cc2cnccc2C(F)(F)F)c(F)c1F. The third-order valence-electron chi connectivity index (χ3n) is 4.25. The molecule has 0 aliphatic heterocycles. The Balaban J connectivity index is 2.63. The van der Waals surface area contributed by atoms with E-state index in [0.717, 1.165) is 13.1 Å². The van der Waals surface area contributed by atoms with Crippen molar-refractivity contribution in [1.82, 2.24) is 9.29 Å². The van der Waals surface area contributed by atoms with Gasteiger partial charge in [0.1, 0.15) is 22.9 Å². The summed E-state index contributed by atoms with van der Waals surface area (Å²) in [5.74, 6) is -6.31. The van der Waals surface area contributed by atoms with E-state index >= 15 is 0 Å². The van der Waals surface area contributed by atoms with Crippen molar-refractivity contribution in [3.05, 3.63) is 58.7 Å². The summed E-state index contributed by atoms with van der Waals surface area (Å²) in [7, 11) is -5.22. The zero-order valence-electron chi connectivity index (χ0n) is 17.9. The molecule has 0 spiro atoms. The van der Waals surface area contributed by atoms with Crippen LogP contribution in [0.5, 0.6) is 0 Å². The highest BCUT2D eigenvalue weighted by Crippen LogP contribution is 2.33. The second kappa shape index (κ2) is 9.29. The average Bonchev–Trinajstić information content (AvgIpc) is 2.66. The highest BCUT2D eigenvalue weighted by Gasteiger charge is 2.37. The maximum atomic E-state index is 14.5. The van der Waals surface area contributed by atoms with Gasteiger partial charge in [0.2, 0.25) is 10.0 Å². The van der Waals surface area contributed by atoms with Gasteiger partial charge >= 0.3 is 12.1 Å². The van der Waals surface area contributed by atoms with Crippen molar-refractivity contribution < 1.29 is 44.3 Å². The third kappa shape index (κ3) is 6.22. The van der Waals surface area contributed by atoms with Crippen LogP contribution < -0.4 is 0 Å². The Kier molecular flexibility index (Phi) is 7.49. The van der Waals surface area contributed by atoms with Gasteiger partial charge in [0, 0.05) is 24.5 Å². The van der Waals surface area contributed by atoms with Crippen molar-refractivity contribution in [2.45, 2.75) is 50.9 Å². The van der Waals surface area contributed by atoms with Crippen LogP contribution >= 0.6 is 0 Å². The summed E-state index contributed by atoms with van der Waals surface area (Å²) in [6.45, 7) is 2.96. The van der Waals surface area contributed by atoms with Gasteiger partial charge in [-0.3, -0.25) is 9.78 Å². The normalized spacial score (nSPS) is 12.8. The Bertz CT molecular complexity index is 1160. The molecule has 0 fully saturated rings. The summed E-state index contributed by atoms with van der Waals surface area (Å²) in [5, 5.41) is 0. The first-order valence-corrected chi connectivity index (χ1v) is 10.8. The van der Waals surface area contributed by atoms with Crippen LogP contribution in [0.3, 0.4) is 0 Å². The lowest BCUT2D eigenvalue weighted by Gasteiger charge is -2.26. The number of hydrogen-bond acceptors (Lipinski definition) is 5. The van der Waals surface area contributed by atoms with Gasteiger partial charge in [-0.1, -0.05) is 0 Å². The number of esters is 1. The fourth-order valence-corrected chi connectivity index (χ4v) is 4.19. The molecule has 0 saturated carbocycles. The van der Waals surface area contributed by atoms with Gasteiger partial charge in [0.25, 0.3) is 0 Å². The molecule has 1 heterocycles. The minimum absolute atomic E-state index is 0.139. The second-order valence-electron chi connectivity index (χ2n) is 8.00. The number of carbonyl (C=O) groups is 1. The third-order valence-corrected chi connectivity index (χ3v) is 6.04. The average molecular weight is 498 g/mol. The van der Waals surface area contributed by atoms with Crippen molar-refractivity contribution in [2.75, 3.05) is 6.54 Å². The van der Waals surface area contributed by atoms with E-state index in [1.54, 1.807) is 0 Å². The Morgan fingerprint density at radius 3 is 2.27 bits per heavy atom. The van der Waals surface area contributed by atoms with Crippen molar-refractivity contribution >= 4 is 16.0 Å². The van der Waals surface area contributed by atoms with Crippen molar-refractivity contribution in [3.8, 4) is 0 Å². The van der Waals surface area contributed by atoms with Gasteiger partial charge in [0.15, 0.2) is 11.6 Å². The van der Waals surface area contributed by atoms with E-state index in [9.17, 15) is 39.6 Å². The molecule has 182 valence electrons. The summed E-state index contributed by atoms with van der Waals surface area (Å²) >= 11 is 0. The first-order chi connectivity index (χ1) is 14.9. The molecule has 1 aromatic carbocycles. The topological polar surface area (TPSA) is 76.6 Å². The predicted molar refractivity (Wildman–Crippen MR) is 104 cm³/mol. The lowest BCUT2D eigenvalue weighted by atomic mass is 10.1. The van der Waals surface area contributed by atoms with Crippen LogP contribution in [0.1, 0.15) is 37.5 Å². The molecule has 0 aliphatic rings. The number of sulfonamides is 1. The van der Waals surface area contributed by atoms with Crippen LogP contribution in [0.25, 0.3) is 0 Å². The number of rotatable bonds is 6. The number of ether oxygens (including phenoxy) is 1. The number of hydrogen-bond donors (Lipinski definition) is 0. The molecule has 0 saturated heterocycles. The van der Waals surface area contributed by atoms with E-state index in [1.807, 2.05) is 0 Å². The number of alkyl halides is 3. The summed E-state index contributed by atoms with van der Waals surface area (Å²) < 4.78 is 114. The van der Waals surface area contributed by atoms with Crippen LogP contribution in [-0.2, 0) is 32.3 Å². The van der Waals surface area contributed by atoms with Crippen LogP contribution in [0, 0.1) is 24.4 Å². The van der Waals surface area contributed by atoms with Gasteiger partial charge < -0.3 is 4.74 Å². The first-order valence-electron chi connectivity index (χ1n) is 9.31. The Labute approximate surface area is 186 Å². The molecule has 2 rings (SSSR count). The number of aromatic nitrogens is 1. The second-order valence-corrected chi connectivity index (χ2v) is 9.91. The molecule has 1 aromatic heterocycles. The number of pyridine rings is 1. The molecule has 0 atom stereocenters. The van der Waals surface area contributed by atoms with Gasteiger partial charge in [-0.05, 0) is 45.4 Å². The molecule has 13 heteroatoms. The fraction of sp³-hybridized carbons (Fsp3) is 0.400. The molecule has 33 heavy (non-hydrogen) atoms. The van der Waals surface area contributed by atoms with Crippen LogP contribution in [0.4, 0.5) is 26.3 Å². The summed E-state index contributed by atoms with van der Waals surface area (Å²) in [6, 6.07) is 0.776. The highest BCUT2D eigenvalue weighted by atomic mass is 32.2. The zero-order valence-corrected chi connectivity index (χ0v) is 18.7. The fourth-order valence-electron chi connectivity index (χ4n) is 2.75. The number of benzene rings is 1. The molecule has 0 amide bonds. The van der Waals surface area contributed by atoms with Gasteiger partial charge in [-0.15, -0.1) is 0 Å². The number of nitrogens with zero attached hydrogens (tertiary/aromatic N) is 2. The van der Waals surface area contributed by atoms with Crippen molar-refractivity contribution in [3.63, 3.8) is 0 Å². The minimum Gasteiger partial charge on any atom is -0.459 e. The van der Waals surface area contributed by atoms with Crippen LogP contribution in [-0.4, -0.2) is 35.8 Å². The Morgan fingerprint density at radius 1 is 1.12 bits per heavy atom. The maximum absolute atomic E-state index is 14.5. The largest absolute Gasteiger partial charge is 0.459 e. The van der Waals surface area contributed by atoms with Crippen molar-refractivity contribution in [1.29, 1.82) is 0 Å². The quantitative estimate of drug-likeness (QED) is 0.336. The standard InChI is InChI=1S/C20H20F6N2O4S/c1-11-14(21)7-15(18(23)17(11)22)33(30,31)28(10-16(29)32-19(2,3)4)9-12-8-27-6-5-13(12)20(24,25)26/h5-8H,9-10H2,1-4H3. The number of carbonyl (C=O) groups excluding carboxylic acids is 1. The monoisotopic (exact) mass is 498 g/mol. The van der Waals surface area contributed by atoms with E-state index in [-0.39, 0.29) is 10.4 Å². The first kappa shape index (κ1) is 26.6. The van der Waals surface area contributed by atoms with Crippen molar-refractivity contribution in [2.24, 2.45) is 0 Å². The molecule has 2 aromatic rings. The number of halogens is 6. The van der Waals surface area contributed by atoms with Gasteiger partial charge in [-0.25, -0.2) is 21.6 Å². The minimum atomic E-state index is -5.22. The Morgan fingerprint density at radius 2 is 1.73 bits per heavy atom. The molecule has 6 nitrogen and oxygen atoms in total. The van der Waals surface area contributed by atoms with Gasteiger partial charge in [-0.2, -0.15) is 17.5 Å². The van der Waals surface area contributed by atoms with E-state index in [4.69, 9.17) is 4.74 Å². The van der Waals surface area contributed by atoms with Crippen LogP contribution in [0.2, 0.25) is 0 Å². The lowest BCUT2D eigenvalue weighted by Crippen LogP contribution is -2.39. The predicted octanol–water partition coefficient (Wildman–Crippen LogP) is 4.36. The molecule has 0 radical (unpaired) electrons. The van der Waals surface area contributed by atoms with E-state index in [1.165, 1.54) is 20.8 Å². The summed E-state index contributed by atoms with van der Waals surface area (Å²) in [5.41, 5.74) is -3.82. The molecule has 0 aliphatic carbocycles. The molecule has 0 bridgehead atoms. The maximum Gasteiger partial charge on any atom is 0.416 e. The summed E-state index contributed by atoms with van der Waals surface area (Å²) in [4.78, 5) is 14.3. The highest BCUT2D eigenvalue weighted by molar-refractivity contribution is 7.89. The van der Waals surface area contributed by atoms with E-state index in [0.29, 0.717) is 12.3 Å². The van der Waals surface area contributed by atoms with E-state index in [2.05, 4.69) is 4.98 Å². The summed E-state index contributed by atoms with van der Waals surface area (Å²) in [6.07, 6.45) is -3.37. The molecule has 0 N–H and O–H groups in total. The molecule has 0 unspecified atom stereocenters. The lowest BCUT2D eigenvalue weighted by molar-refractivity contribution is -0.155. The van der Waals surface area contributed by atoms with E-state index < -0.39 is 79.9 Å². The van der Waals surface area contributed by atoms with Gasteiger partial charge in [0.05, 0.1) is 5.56 Å². The Hall–Kier alpha value is -2.67. The smallest absolute Gasteiger partial charge is 0.416 e. The molecular formula is C20H20F6N2O4S.